The quantitative estimate of drug-likeness (QED) is 0.217. The Balaban J connectivity index is 2.22. The molecule has 0 radical (unpaired) electrons. The van der Waals surface area contributed by atoms with Gasteiger partial charge in [-0.25, -0.2) is 0 Å². The first kappa shape index (κ1) is 15.5. The van der Waals surface area contributed by atoms with E-state index >= 15 is 0 Å². The topological polar surface area (TPSA) is 26.3 Å². The largest absolute Gasteiger partial charge is 0.427 e. The predicted molar refractivity (Wildman–Crippen MR) is 83.2 cm³/mol. The van der Waals surface area contributed by atoms with E-state index in [2.05, 4.69) is 29.5 Å². The summed E-state index contributed by atoms with van der Waals surface area (Å²) >= 11 is 2.31. The summed E-state index contributed by atoms with van der Waals surface area (Å²) in [6.07, 6.45) is 6.29. The molecular formula is C15H21IO2. The fourth-order valence-electron chi connectivity index (χ4n) is 1.70. The van der Waals surface area contributed by atoms with E-state index in [4.69, 9.17) is 4.74 Å². The molecule has 0 amide bonds. The molecule has 0 spiro atoms. The summed E-state index contributed by atoms with van der Waals surface area (Å²) in [5, 5.41) is 0. The highest BCUT2D eigenvalue weighted by molar-refractivity contribution is 14.1. The monoisotopic (exact) mass is 360 g/mol. The summed E-state index contributed by atoms with van der Waals surface area (Å²) in [7, 11) is 0. The van der Waals surface area contributed by atoms with Crippen LogP contribution in [0.3, 0.4) is 0 Å². The van der Waals surface area contributed by atoms with Crippen LogP contribution in [0.2, 0.25) is 0 Å². The third kappa shape index (κ3) is 6.38. The van der Waals surface area contributed by atoms with Crippen molar-refractivity contribution in [3.05, 3.63) is 29.8 Å². The third-order valence-corrected chi connectivity index (χ3v) is 3.67. The number of hydrogen-bond donors (Lipinski definition) is 0. The zero-order valence-corrected chi connectivity index (χ0v) is 13.1. The molecule has 0 heterocycles. The number of benzene rings is 1. The van der Waals surface area contributed by atoms with Crippen LogP contribution < -0.4 is 4.74 Å². The third-order valence-electron chi connectivity index (χ3n) is 2.79. The van der Waals surface area contributed by atoms with E-state index < -0.39 is 0 Å². The molecule has 1 rings (SSSR count). The Kier molecular flexibility index (Phi) is 8.05. The van der Waals surface area contributed by atoms with Gasteiger partial charge in [0.15, 0.2) is 0 Å². The van der Waals surface area contributed by atoms with Crippen LogP contribution in [0.1, 0.15) is 51.0 Å². The van der Waals surface area contributed by atoms with E-state index in [9.17, 15) is 4.79 Å². The minimum Gasteiger partial charge on any atom is -0.427 e. The highest BCUT2D eigenvalue weighted by Crippen LogP contribution is 2.15. The number of ether oxygens (including phenoxy) is 1. The molecule has 0 bridgehead atoms. The molecule has 0 atom stereocenters. The molecule has 18 heavy (non-hydrogen) atoms. The Labute approximate surface area is 123 Å². The molecule has 0 aliphatic carbocycles. The molecule has 0 saturated carbocycles. The lowest BCUT2D eigenvalue weighted by molar-refractivity contribution is -0.134. The van der Waals surface area contributed by atoms with Gasteiger partial charge in [0.25, 0.3) is 0 Å². The molecule has 3 heteroatoms. The van der Waals surface area contributed by atoms with Crippen molar-refractivity contribution in [2.45, 2.75) is 49.9 Å². The van der Waals surface area contributed by atoms with Gasteiger partial charge in [-0.15, -0.1) is 0 Å². The standard InChI is InChI=1S/C15H21IO2/c1-2-3-4-5-6-7-15(17)18-14-10-8-13(12-16)9-11-14/h8-11H,2-7,12H2,1H3. The van der Waals surface area contributed by atoms with Gasteiger partial charge in [0, 0.05) is 10.8 Å². The van der Waals surface area contributed by atoms with Crippen molar-refractivity contribution in [1.82, 2.24) is 0 Å². The molecule has 2 nitrogen and oxygen atoms in total. The van der Waals surface area contributed by atoms with Crippen LogP contribution >= 0.6 is 22.6 Å². The molecule has 0 unspecified atom stereocenters. The van der Waals surface area contributed by atoms with Crippen LogP contribution in [0.25, 0.3) is 0 Å². The number of hydrogen-bond acceptors (Lipinski definition) is 2. The van der Waals surface area contributed by atoms with Gasteiger partial charge in [0.1, 0.15) is 5.75 Å². The van der Waals surface area contributed by atoms with Gasteiger partial charge in [0.05, 0.1) is 0 Å². The van der Waals surface area contributed by atoms with E-state index in [1.165, 1.54) is 24.8 Å². The van der Waals surface area contributed by atoms with E-state index in [0.717, 1.165) is 17.3 Å². The normalized spacial score (nSPS) is 10.3. The van der Waals surface area contributed by atoms with Crippen molar-refractivity contribution in [2.24, 2.45) is 0 Å². The summed E-state index contributed by atoms with van der Waals surface area (Å²) in [5.41, 5.74) is 1.25. The maximum Gasteiger partial charge on any atom is 0.311 e. The fraction of sp³-hybridized carbons (Fsp3) is 0.533. The van der Waals surface area contributed by atoms with Crippen LogP contribution in [0.5, 0.6) is 5.75 Å². The second-order valence-electron chi connectivity index (χ2n) is 4.42. The predicted octanol–water partition coefficient (Wildman–Crippen LogP) is 4.89. The SMILES string of the molecule is CCCCCCCC(=O)Oc1ccc(CI)cc1. The van der Waals surface area contributed by atoms with Crippen molar-refractivity contribution < 1.29 is 9.53 Å². The van der Waals surface area contributed by atoms with E-state index in [1.54, 1.807) is 0 Å². The first-order valence-corrected chi connectivity index (χ1v) is 8.14. The summed E-state index contributed by atoms with van der Waals surface area (Å²) in [5.74, 6) is 0.538. The Morgan fingerprint density at radius 3 is 2.39 bits per heavy atom. The van der Waals surface area contributed by atoms with Gasteiger partial charge < -0.3 is 4.74 Å². The average molecular weight is 360 g/mol. The lowest BCUT2D eigenvalue weighted by atomic mass is 10.1. The highest BCUT2D eigenvalue weighted by atomic mass is 127. The van der Waals surface area contributed by atoms with Gasteiger partial charge in [0.2, 0.25) is 0 Å². The zero-order chi connectivity index (χ0) is 13.2. The molecule has 100 valence electrons. The minimum atomic E-state index is -0.117. The number of unbranched alkanes of at least 4 members (excludes halogenated alkanes) is 4. The minimum absolute atomic E-state index is 0.117. The summed E-state index contributed by atoms with van der Waals surface area (Å²) in [6, 6.07) is 7.72. The Hall–Kier alpha value is -0.580. The molecule has 0 aromatic heterocycles. The van der Waals surface area contributed by atoms with Gasteiger partial charge in [-0.3, -0.25) is 4.79 Å². The van der Waals surface area contributed by atoms with Crippen LogP contribution in [0.15, 0.2) is 24.3 Å². The van der Waals surface area contributed by atoms with E-state index in [1.807, 2.05) is 24.3 Å². The fourth-order valence-corrected chi connectivity index (χ4v) is 2.21. The molecule has 0 N–H and O–H groups in total. The van der Waals surface area contributed by atoms with Crippen molar-refractivity contribution in [3.8, 4) is 5.75 Å². The van der Waals surface area contributed by atoms with Crippen LogP contribution in [-0.2, 0) is 9.22 Å². The van der Waals surface area contributed by atoms with Gasteiger partial charge in [-0.05, 0) is 24.1 Å². The van der Waals surface area contributed by atoms with E-state index in [-0.39, 0.29) is 5.97 Å². The Morgan fingerprint density at radius 2 is 1.78 bits per heavy atom. The van der Waals surface area contributed by atoms with Crippen LogP contribution in [0.4, 0.5) is 0 Å². The molecular weight excluding hydrogens is 339 g/mol. The molecule has 0 aliphatic heterocycles. The van der Waals surface area contributed by atoms with Crippen LogP contribution in [-0.4, -0.2) is 5.97 Å². The molecule has 0 saturated heterocycles. The molecule has 1 aromatic rings. The Bertz CT molecular complexity index is 346. The summed E-state index contributed by atoms with van der Waals surface area (Å²) in [4.78, 5) is 11.6. The first-order valence-electron chi connectivity index (χ1n) is 6.62. The average Bonchev–Trinajstić information content (AvgIpc) is 2.39. The van der Waals surface area contributed by atoms with Gasteiger partial charge in [-0.2, -0.15) is 0 Å². The maximum atomic E-state index is 11.6. The lowest BCUT2D eigenvalue weighted by Gasteiger charge is -2.05. The summed E-state index contributed by atoms with van der Waals surface area (Å²) < 4.78 is 6.25. The van der Waals surface area contributed by atoms with E-state index in [0.29, 0.717) is 12.2 Å². The number of halogens is 1. The maximum absolute atomic E-state index is 11.6. The number of esters is 1. The second-order valence-corrected chi connectivity index (χ2v) is 5.18. The second kappa shape index (κ2) is 9.36. The van der Waals surface area contributed by atoms with Crippen molar-refractivity contribution in [3.63, 3.8) is 0 Å². The van der Waals surface area contributed by atoms with Crippen molar-refractivity contribution >= 4 is 28.6 Å². The first-order chi connectivity index (χ1) is 8.76. The van der Waals surface area contributed by atoms with Gasteiger partial charge in [-0.1, -0.05) is 67.3 Å². The number of alkyl halides is 1. The van der Waals surface area contributed by atoms with Crippen molar-refractivity contribution in [1.29, 1.82) is 0 Å². The number of rotatable bonds is 8. The lowest BCUT2D eigenvalue weighted by Crippen LogP contribution is -2.07. The molecule has 0 aliphatic rings. The van der Waals surface area contributed by atoms with Gasteiger partial charge >= 0.3 is 5.97 Å². The summed E-state index contributed by atoms with van der Waals surface area (Å²) in [6.45, 7) is 2.19. The van der Waals surface area contributed by atoms with Crippen LogP contribution in [0, 0.1) is 0 Å². The highest BCUT2D eigenvalue weighted by Gasteiger charge is 2.04. The number of carbonyl (C=O) groups is 1. The van der Waals surface area contributed by atoms with Crippen molar-refractivity contribution in [2.75, 3.05) is 0 Å². The molecule has 1 aromatic carbocycles. The number of carbonyl (C=O) groups excluding carboxylic acids is 1. The zero-order valence-electron chi connectivity index (χ0n) is 11.0. The Morgan fingerprint density at radius 1 is 1.11 bits per heavy atom. The molecule has 0 fully saturated rings. The smallest absolute Gasteiger partial charge is 0.311 e.